The molecule has 2 aromatic carbocycles. The number of rotatable bonds is 4. The van der Waals surface area contributed by atoms with Gasteiger partial charge in [-0.05, 0) is 42.9 Å². The Morgan fingerprint density at radius 1 is 0.923 bits per heavy atom. The standard InChI is InChI=1S/C20H23N5S/c1-17-7-5-6-10-19(17)24-15-21-25(20(24)26)16-22-11-13-23(14-12-22)18-8-3-2-4-9-18/h2-10,15H,11-14,16H2,1H3. The highest BCUT2D eigenvalue weighted by Crippen LogP contribution is 2.17. The average Bonchev–Trinajstić information content (AvgIpc) is 3.04. The fourth-order valence-corrected chi connectivity index (χ4v) is 3.66. The fourth-order valence-electron chi connectivity index (χ4n) is 3.41. The molecular weight excluding hydrogens is 342 g/mol. The second kappa shape index (κ2) is 7.43. The van der Waals surface area contributed by atoms with E-state index in [4.69, 9.17) is 12.2 Å². The monoisotopic (exact) mass is 365 g/mol. The number of anilines is 1. The minimum absolute atomic E-state index is 0.736. The maximum absolute atomic E-state index is 5.66. The fraction of sp³-hybridized carbons (Fsp3) is 0.300. The van der Waals surface area contributed by atoms with Gasteiger partial charge in [-0.2, -0.15) is 5.10 Å². The van der Waals surface area contributed by atoms with Gasteiger partial charge in [0, 0.05) is 31.9 Å². The number of benzene rings is 2. The summed E-state index contributed by atoms with van der Waals surface area (Å²) in [4.78, 5) is 4.84. The van der Waals surface area contributed by atoms with Crippen LogP contribution >= 0.6 is 12.2 Å². The molecule has 4 rings (SSSR count). The molecule has 2 heterocycles. The number of hydrogen-bond acceptors (Lipinski definition) is 4. The molecule has 0 atom stereocenters. The van der Waals surface area contributed by atoms with E-state index in [1.54, 1.807) is 0 Å². The van der Waals surface area contributed by atoms with Crippen LogP contribution in [0.5, 0.6) is 0 Å². The van der Waals surface area contributed by atoms with E-state index in [-0.39, 0.29) is 0 Å². The van der Waals surface area contributed by atoms with Crippen LogP contribution < -0.4 is 4.90 Å². The largest absolute Gasteiger partial charge is 0.369 e. The van der Waals surface area contributed by atoms with Crippen molar-refractivity contribution in [3.05, 3.63) is 71.3 Å². The van der Waals surface area contributed by atoms with Gasteiger partial charge in [-0.1, -0.05) is 36.4 Å². The van der Waals surface area contributed by atoms with Crippen molar-refractivity contribution in [2.45, 2.75) is 13.6 Å². The Labute approximate surface area is 159 Å². The topological polar surface area (TPSA) is 29.2 Å². The number of hydrogen-bond donors (Lipinski definition) is 0. The highest BCUT2D eigenvalue weighted by atomic mass is 32.1. The first kappa shape index (κ1) is 17.0. The molecule has 0 N–H and O–H groups in total. The van der Waals surface area contributed by atoms with Crippen molar-refractivity contribution >= 4 is 17.9 Å². The van der Waals surface area contributed by atoms with Crippen molar-refractivity contribution in [2.75, 3.05) is 31.1 Å². The molecular formula is C20H23N5S. The van der Waals surface area contributed by atoms with Gasteiger partial charge in [0.25, 0.3) is 0 Å². The lowest BCUT2D eigenvalue weighted by molar-refractivity contribution is 0.194. The van der Waals surface area contributed by atoms with Crippen LogP contribution in [-0.4, -0.2) is 45.4 Å². The third-order valence-corrected chi connectivity index (χ3v) is 5.34. The van der Waals surface area contributed by atoms with Crippen LogP contribution in [-0.2, 0) is 6.67 Å². The van der Waals surface area contributed by atoms with E-state index >= 15 is 0 Å². The van der Waals surface area contributed by atoms with E-state index in [0.717, 1.165) is 43.3 Å². The molecule has 0 saturated carbocycles. The minimum atomic E-state index is 0.736. The van der Waals surface area contributed by atoms with E-state index in [1.807, 2.05) is 27.7 Å². The van der Waals surface area contributed by atoms with Crippen LogP contribution in [0.25, 0.3) is 5.69 Å². The molecule has 0 bridgehead atoms. The van der Waals surface area contributed by atoms with Gasteiger partial charge in [0.05, 0.1) is 12.4 Å². The summed E-state index contributed by atoms with van der Waals surface area (Å²) in [5, 5.41) is 4.52. The first-order chi connectivity index (χ1) is 12.7. The molecule has 0 spiro atoms. The second-order valence-corrected chi connectivity index (χ2v) is 7.02. The molecule has 6 heteroatoms. The molecule has 1 aliphatic heterocycles. The van der Waals surface area contributed by atoms with Gasteiger partial charge in [-0.25, -0.2) is 4.68 Å². The molecule has 0 amide bonds. The Bertz CT molecular complexity index is 923. The highest BCUT2D eigenvalue weighted by Gasteiger charge is 2.18. The van der Waals surface area contributed by atoms with Gasteiger partial charge in [0.15, 0.2) is 0 Å². The van der Waals surface area contributed by atoms with Gasteiger partial charge in [0.2, 0.25) is 4.77 Å². The summed E-state index contributed by atoms with van der Waals surface area (Å²) in [6.45, 7) is 6.89. The summed E-state index contributed by atoms with van der Waals surface area (Å²) in [6.07, 6.45) is 1.82. The lowest BCUT2D eigenvalue weighted by atomic mass is 10.2. The van der Waals surface area contributed by atoms with Gasteiger partial charge in [-0.3, -0.25) is 9.47 Å². The second-order valence-electron chi connectivity index (χ2n) is 6.65. The minimum Gasteiger partial charge on any atom is -0.369 e. The van der Waals surface area contributed by atoms with E-state index in [1.165, 1.54) is 11.3 Å². The van der Waals surface area contributed by atoms with Crippen LogP contribution in [0.15, 0.2) is 60.9 Å². The first-order valence-electron chi connectivity index (χ1n) is 8.95. The lowest BCUT2D eigenvalue weighted by Crippen LogP contribution is -2.46. The van der Waals surface area contributed by atoms with Crippen molar-refractivity contribution in [3.63, 3.8) is 0 Å². The summed E-state index contributed by atoms with van der Waals surface area (Å²) in [6, 6.07) is 18.9. The molecule has 134 valence electrons. The van der Waals surface area contributed by atoms with E-state index in [2.05, 4.69) is 64.3 Å². The maximum atomic E-state index is 5.66. The van der Waals surface area contributed by atoms with Gasteiger partial charge in [0.1, 0.15) is 6.33 Å². The SMILES string of the molecule is Cc1ccccc1-n1cnn(CN2CCN(c3ccccc3)CC2)c1=S. The average molecular weight is 366 g/mol. The lowest BCUT2D eigenvalue weighted by Gasteiger charge is -2.35. The quantitative estimate of drug-likeness (QED) is 0.662. The van der Waals surface area contributed by atoms with E-state index < -0.39 is 0 Å². The highest BCUT2D eigenvalue weighted by molar-refractivity contribution is 7.71. The Morgan fingerprint density at radius 3 is 2.35 bits per heavy atom. The maximum Gasteiger partial charge on any atom is 0.203 e. The van der Waals surface area contributed by atoms with Crippen LogP contribution in [0.1, 0.15) is 5.56 Å². The van der Waals surface area contributed by atoms with E-state index in [0.29, 0.717) is 0 Å². The summed E-state index contributed by atoms with van der Waals surface area (Å²) < 4.78 is 4.65. The van der Waals surface area contributed by atoms with Crippen LogP contribution in [0.3, 0.4) is 0 Å². The predicted octanol–water partition coefficient (Wildman–Crippen LogP) is 3.49. The Hall–Kier alpha value is -2.44. The molecule has 26 heavy (non-hydrogen) atoms. The van der Waals surface area contributed by atoms with Crippen molar-refractivity contribution in [2.24, 2.45) is 0 Å². The molecule has 3 aromatic rings. The number of nitrogens with zero attached hydrogens (tertiary/aromatic N) is 5. The van der Waals surface area contributed by atoms with Crippen LogP contribution in [0.4, 0.5) is 5.69 Å². The Morgan fingerprint density at radius 2 is 1.62 bits per heavy atom. The normalized spacial score (nSPS) is 15.3. The van der Waals surface area contributed by atoms with Crippen molar-refractivity contribution < 1.29 is 0 Å². The van der Waals surface area contributed by atoms with Gasteiger partial charge < -0.3 is 4.90 Å². The van der Waals surface area contributed by atoms with Gasteiger partial charge in [-0.15, -0.1) is 0 Å². The zero-order chi connectivity index (χ0) is 17.9. The molecule has 0 aliphatic carbocycles. The molecule has 1 saturated heterocycles. The summed E-state index contributed by atoms with van der Waals surface area (Å²) in [5.74, 6) is 0. The zero-order valence-electron chi connectivity index (χ0n) is 15.0. The molecule has 0 unspecified atom stereocenters. The molecule has 1 aliphatic rings. The Kier molecular flexibility index (Phi) is 4.86. The van der Waals surface area contributed by atoms with Crippen LogP contribution in [0, 0.1) is 11.7 Å². The Balaban J connectivity index is 1.43. The third-order valence-electron chi connectivity index (χ3n) is 4.94. The molecule has 0 radical (unpaired) electrons. The summed E-state index contributed by atoms with van der Waals surface area (Å²) in [7, 11) is 0. The van der Waals surface area contributed by atoms with E-state index in [9.17, 15) is 0 Å². The van der Waals surface area contributed by atoms with Crippen LogP contribution in [0.2, 0.25) is 0 Å². The van der Waals surface area contributed by atoms with Gasteiger partial charge >= 0.3 is 0 Å². The van der Waals surface area contributed by atoms with Crippen molar-refractivity contribution in [3.8, 4) is 5.69 Å². The van der Waals surface area contributed by atoms with Crippen molar-refractivity contribution in [1.82, 2.24) is 19.2 Å². The zero-order valence-corrected chi connectivity index (χ0v) is 15.8. The number of para-hydroxylation sites is 2. The first-order valence-corrected chi connectivity index (χ1v) is 9.36. The molecule has 1 aromatic heterocycles. The van der Waals surface area contributed by atoms with Crippen molar-refractivity contribution in [1.29, 1.82) is 0 Å². The number of aromatic nitrogens is 3. The third kappa shape index (κ3) is 3.43. The molecule has 5 nitrogen and oxygen atoms in total. The number of piperazine rings is 1. The number of aryl methyl sites for hydroxylation is 1. The molecule has 1 fully saturated rings. The summed E-state index contributed by atoms with van der Waals surface area (Å²) in [5.41, 5.74) is 3.59. The predicted molar refractivity (Wildman–Crippen MR) is 107 cm³/mol. The smallest absolute Gasteiger partial charge is 0.203 e. The summed E-state index contributed by atoms with van der Waals surface area (Å²) >= 11 is 5.66.